The molecule has 4 heteroatoms. The first-order valence-electron chi connectivity index (χ1n) is 6.64. The van der Waals surface area contributed by atoms with Crippen molar-refractivity contribution in [2.45, 2.75) is 71.3 Å². The van der Waals surface area contributed by atoms with Crippen LogP contribution in [0.1, 0.15) is 65.2 Å². The molecule has 0 fully saturated rings. The second kappa shape index (κ2) is 10.1. The van der Waals surface area contributed by atoms with Gasteiger partial charge in [-0.1, -0.05) is 46.0 Å². The van der Waals surface area contributed by atoms with Crippen molar-refractivity contribution in [2.75, 3.05) is 0 Å². The Hall–Kier alpha value is -1.06. The predicted octanol–water partition coefficient (Wildman–Crippen LogP) is 2.72. The van der Waals surface area contributed by atoms with Gasteiger partial charge >= 0.3 is 5.97 Å². The molecule has 0 saturated carbocycles. The Bertz CT molecular complexity index is 229. The van der Waals surface area contributed by atoms with Gasteiger partial charge in [-0.2, -0.15) is 0 Å². The van der Waals surface area contributed by atoms with E-state index in [-0.39, 0.29) is 5.91 Å². The molecule has 0 aliphatic carbocycles. The summed E-state index contributed by atoms with van der Waals surface area (Å²) in [5.41, 5.74) is 0. The molecule has 1 atom stereocenters. The summed E-state index contributed by atoms with van der Waals surface area (Å²) >= 11 is 0. The molecule has 0 bridgehead atoms. The smallest absolute Gasteiger partial charge is 0.326 e. The molecule has 0 heterocycles. The minimum absolute atomic E-state index is 0.135. The third-order valence-electron chi connectivity index (χ3n) is 2.74. The Morgan fingerprint density at radius 1 is 1.06 bits per heavy atom. The van der Waals surface area contributed by atoms with Gasteiger partial charge in [0, 0.05) is 6.42 Å². The van der Waals surface area contributed by atoms with Crippen LogP contribution in [-0.4, -0.2) is 23.0 Å². The first-order valence-corrected chi connectivity index (χ1v) is 6.64. The number of hydrogen-bond donors (Lipinski definition) is 2. The van der Waals surface area contributed by atoms with Crippen molar-refractivity contribution >= 4 is 11.9 Å². The van der Waals surface area contributed by atoms with Crippen molar-refractivity contribution in [3.05, 3.63) is 0 Å². The summed E-state index contributed by atoms with van der Waals surface area (Å²) in [6, 6.07) is -0.714. The van der Waals surface area contributed by atoms with Crippen molar-refractivity contribution in [3.8, 4) is 0 Å². The molecular formula is C13H25NO3. The molecule has 0 saturated heterocycles. The molecule has 0 aliphatic heterocycles. The Labute approximate surface area is 104 Å². The fourth-order valence-electron chi connectivity index (χ4n) is 1.64. The maximum atomic E-state index is 11.5. The summed E-state index contributed by atoms with van der Waals surface area (Å²) < 4.78 is 0. The van der Waals surface area contributed by atoms with Gasteiger partial charge in [0.25, 0.3) is 0 Å². The number of aliphatic carboxylic acids is 1. The first-order chi connectivity index (χ1) is 8.11. The van der Waals surface area contributed by atoms with Crippen LogP contribution in [0.3, 0.4) is 0 Å². The lowest BCUT2D eigenvalue weighted by atomic mass is 10.1. The van der Waals surface area contributed by atoms with Crippen LogP contribution in [0.2, 0.25) is 0 Å². The number of nitrogens with one attached hydrogen (secondary N) is 1. The highest BCUT2D eigenvalue weighted by atomic mass is 16.4. The SMILES string of the molecule is CCCCCCC(=O)NC(CCCC)C(=O)O. The van der Waals surface area contributed by atoms with Crippen LogP contribution in [0, 0.1) is 0 Å². The number of rotatable bonds is 10. The van der Waals surface area contributed by atoms with Crippen molar-refractivity contribution in [1.29, 1.82) is 0 Å². The van der Waals surface area contributed by atoms with Crippen molar-refractivity contribution in [2.24, 2.45) is 0 Å². The van der Waals surface area contributed by atoms with Crippen LogP contribution in [0.15, 0.2) is 0 Å². The van der Waals surface area contributed by atoms with Crippen LogP contribution < -0.4 is 5.32 Å². The lowest BCUT2D eigenvalue weighted by Crippen LogP contribution is -2.40. The van der Waals surface area contributed by atoms with E-state index in [1.165, 1.54) is 0 Å². The zero-order chi connectivity index (χ0) is 13.1. The second-order valence-electron chi connectivity index (χ2n) is 4.41. The van der Waals surface area contributed by atoms with Gasteiger partial charge in [0.1, 0.15) is 6.04 Å². The van der Waals surface area contributed by atoms with Gasteiger partial charge in [0.15, 0.2) is 0 Å². The maximum absolute atomic E-state index is 11.5. The summed E-state index contributed by atoms with van der Waals surface area (Å²) in [5, 5.41) is 11.5. The number of carboxylic acid groups (broad SMARTS) is 1. The third kappa shape index (κ3) is 8.72. The van der Waals surface area contributed by atoms with Crippen molar-refractivity contribution < 1.29 is 14.7 Å². The van der Waals surface area contributed by atoms with Gasteiger partial charge in [0.2, 0.25) is 5.91 Å². The molecule has 0 rings (SSSR count). The second-order valence-corrected chi connectivity index (χ2v) is 4.41. The molecule has 1 amide bonds. The van der Waals surface area contributed by atoms with Gasteiger partial charge in [-0.05, 0) is 12.8 Å². The Balaban J connectivity index is 3.83. The molecule has 0 aromatic carbocycles. The van der Waals surface area contributed by atoms with E-state index in [1.807, 2.05) is 6.92 Å². The van der Waals surface area contributed by atoms with Crippen LogP contribution in [0.4, 0.5) is 0 Å². The first kappa shape index (κ1) is 15.9. The largest absolute Gasteiger partial charge is 0.480 e. The van der Waals surface area contributed by atoms with E-state index in [9.17, 15) is 9.59 Å². The van der Waals surface area contributed by atoms with E-state index in [0.29, 0.717) is 12.8 Å². The zero-order valence-corrected chi connectivity index (χ0v) is 11.0. The van der Waals surface area contributed by atoms with E-state index in [0.717, 1.165) is 38.5 Å². The van der Waals surface area contributed by atoms with E-state index < -0.39 is 12.0 Å². The summed E-state index contributed by atoms with van der Waals surface area (Å²) in [6.45, 7) is 4.12. The van der Waals surface area contributed by atoms with Gasteiger partial charge < -0.3 is 10.4 Å². The number of unbranched alkanes of at least 4 members (excludes halogenated alkanes) is 4. The number of carboxylic acids is 1. The summed E-state index contributed by atoms with van der Waals surface area (Å²) in [4.78, 5) is 22.4. The molecule has 0 aromatic heterocycles. The Morgan fingerprint density at radius 2 is 1.71 bits per heavy atom. The summed E-state index contributed by atoms with van der Waals surface area (Å²) in [6.07, 6.45) is 6.88. The number of carbonyl (C=O) groups excluding carboxylic acids is 1. The monoisotopic (exact) mass is 243 g/mol. The number of carbonyl (C=O) groups is 2. The van der Waals surface area contributed by atoms with Crippen molar-refractivity contribution in [1.82, 2.24) is 5.32 Å². The summed E-state index contributed by atoms with van der Waals surface area (Å²) in [5.74, 6) is -1.06. The van der Waals surface area contributed by atoms with Crippen LogP contribution >= 0.6 is 0 Å². The molecule has 17 heavy (non-hydrogen) atoms. The average molecular weight is 243 g/mol. The normalized spacial score (nSPS) is 12.1. The molecule has 1 unspecified atom stereocenters. The molecular weight excluding hydrogens is 218 g/mol. The standard InChI is InChI=1S/C13H25NO3/c1-3-5-7-8-10-12(15)14-11(13(16)17)9-6-4-2/h11H,3-10H2,1-2H3,(H,14,15)(H,16,17). The maximum Gasteiger partial charge on any atom is 0.326 e. The fraction of sp³-hybridized carbons (Fsp3) is 0.846. The van der Waals surface area contributed by atoms with Gasteiger partial charge in [-0.3, -0.25) is 4.79 Å². The molecule has 2 N–H and O–H groups in total. The fourth-order valence-corrected chi connectivity index (χ4v) is 1.64. The highest BCUT2D eigenvalue weighted by Gasteiger charge is 2.18. The Morgan fingerprint density at radius 3 is 2.24 bits per heavy atom. The summed E-state index contributed by atoms with van der Waals surface area (Å²) in [7, 11) is 0. The average Bonchev–Trinajstić information content (AvgIpc) is 2.29. The quantitative estimate of drug-likeness (QED) is 0.580. The lowest BCUT2D eigenvalue weighted by Gasteiger charge is -2.13. The Kier molecular flexibility index (Phi) is 9.49. The van der Waals surface area contributed by atoms with Gasteiger partial charge in [-0.25, -0.2) is 4.79 Å². The lowest BCUT2D eigenvalue weighted by molar-refractivity contribution is -0.142. The number of amides is 1. The van der Waals surface area contributed by atoms with E-state index in [2.05, 4.69) is 12.2 Å². The van der Waals surface area contributed by atoms with Crippen LogP contribution in [0.5, 0.6) is 0 Å². The van der Waals surface area contributed by atoms with E-state index in [4.69, 9.17) is 5.11 Å². The zero-order valence-electron chi connectivity index (χ0n) is 11.0. The topological polar surface area (TPSA) is 66.4 Å². The molecule has 0 aliphatic rings. The highest BCUT2D eigenvalue weighted by molar-refractivity contribution is 5.83. The van der Waals surface area contributed by atoms with Crippen molar-refractivity contribution in [3.63, 3.8) is 0 Å². The molecule has 0 aromatic rings. The van der Waals surface area contributed by atoms with E-state index >= 15 is 0 Å². The third-order valence-corrected chi connectivity index (χ3v) is 2.74. The van der Waals surface area contributed by atoms with Gasteiger partial charge in [-0.15, -0.1) is 0 Å². The molecule has 4 nitrogen and oxygen atoms in total. The van der Waals surface area contributed by atoms with Crippen LogP contribution in [0.25, 0.3) is 0 Å². The number of hydrogen-bond acceptors (Lipinski definition) is 2. The van der Waals surface area contributed by atoms with Crippen LogP contribution in [-0.2, 0) is 9.59 Å². The highest BCUT2D eigenvalue weighted by Crippen LogP contribution is 2.04. The van der Waals surface area contributed by atoms with Gasteiger partial charge in [0.05, 0.1) is 0 Å². The predicted molar refractivity (Wildman–Crippen MR) is 67.9 cm³/mol. The molecule has 100 valence electrons. The van der Waals surface area contributed by atoms with E-state index in [1.54, 1.807) is 0 Å². The minimum Gasteiger partial charge on any atom is -0.480 e. The molecule has 0 spiro atoms. The minimum atomic E-state index is -0.930. The molecule has 0 radical (unpaired) electrons.